The van der Waals surface area contributed by atoms with E-state index < -0.39 is 0 Å². The molecule has 1 rings (SSSR count). The van der Waals surface area contributed by atoms with E-state index in [1.165, 1.54) is 0 Å². The SMILES string of the molecule is CCOC(=O)C1CNCC1(C)C. The molecular formula is C9H17NO2. The molecule has 0 aliphatic carbocycles. The van der Waals surface area contributed by atoms with Crippen LogP contribution in [-0.2, 0) is 9.53 Å². The van der Waals surface area contributed by atoms with Crippen molar-refractivity contribution < 1.29 is 9.53 Å². The average molecular weight is 171 g/mol. The van der Waals surface area contributed by atoms with Crippen LogP contribution in [0.2, 0.25) is 0 Å². The summed E-state index contributed by atoms with van der Waals surface area (Å²) in [4.78, 5) is 11.4. The van der Waals surface area contributed by atoms with Crippen molar-refractivity contribution in [3.63, 3.8) is 0 Å². The van der Waals surface area contributed by atoms with E-state index in [9.17, 15) is 4.79 Å². The van der Waals surface area contributed by atoms with Gasteiger partial charge in [-0.3, -0.25) is 4.79 Å². The van der Waals surface area contributed by atoms with Crippen LogP contribution in [0.4, 0.5) is 0 Å². The minimum atomic E-state index is -0.0625. The summed E-state index contributed by atoms with van der Waals surface area (Å²) in [6, 6.07) is 0. The van der Waals surface area contributed by atoms with Gasteiger partial charge in [-0.05, 0) is 12.3 Å². The Balaban J connectivity index is 2.56. The van der Waals surface area contributed by atoms with Crippen LogP contribution in [-0.4, -0.2) is 25.7 Å². The highest BCUT2D eigenvalue weighted by Crippen LogP contribution is 2.30. The van der Waals surface area contributed by atoms with Crippen LogP contribution in [0.25, 0.3) is 0 Å². The van der Waals surface area contributed by atoms with Crippen molar-refractivity contribution in [1.29, 1.82) is 0 Å². The predicted molar refractivity (Wildman–Crippen MR) is 46.8 cm³/mol. The van der Waals surface area contributed by atoms with E-state index in [1.807, 2.05) is 6.92 Å². The Morgan fingerprint density at radius 1 is 1.67 bits per heavy atom. The Labute approximate surface area is 73.5 Å². The van der Waals surface area contributed by atoms with E-state index in [0.717, 1.165) is 13.1 Å². The third kappa shape index (κ3) is 1.78. The van der Waals surface area contributed by atoms with Crippen molar-refractivity contribution in [2.75, 3.05) is 19.7 Å². The van der Waals surface area contributed by atoms with Crippen LogP contribution >= 0.6 is 0 Å². The summed E-state index contributed by atoms with van der Waals surface area (Å²) in [5.41, 5.74) is 0.0479. The summed E-state index contributed by atoms with van der Waals surface area (Å²) < 4.78 is 4.98. The fourth-order valence-electron chi connectivity index (χ4n) is 1.58. The zero-order chi connectivity index (χ0) is 9.19. The first-order valence-corrected chi connectivity index (χ1v) is 4.45. The number of esters is 1. The first-order valence-electron chi connectivity index (χ1n) is 4.45. The number of ether oxygens (including phenoxy) is 1. The number of carbonyl (C=O) groups is 1. The van der Waals surface area contributed by atoms with Gasteiger partial charge in [-0.25, -0.2) is 0 Å². The average Bonchev–Trinajstić information content (AvgIpc) is 2.30. The summed E-state index contributed by atoms with van der Waals surface area (Å²) in [6.07, 6.45) is 0. The number of hydrogen-bond donors (Lipinski definition) is 1. The third-order valence-electron chi connectivity index (χ3n) is 2.44. The second kappa shape index (κ2) is 3.44. The van der Waals surface area contributed by atoms with Crippen LogP contribution in [0.1, 0.15) is 20.8 Å². The lowest BCUT2D eigenvalue weighted by Gasteiger charge is -2.23. The number of hydrogen-bond acceptors (Lipinski definition) is 3. The Bertz CT molecular complexity index is 177. The topological polar surface area (TPSA) is 38.3 Å². The van der Waals surface area contributed by atoms with Gasteiger partial charge in [0.2, 0.25) is 0 Å². The second-order valence-electron chi connectivity index (χ2n) is 3.92. The number of nitrogens with one attached hydrogen (secondary N) is 1. The molecule has 0 aromatic heterocycles. The summed E-state index contributed by atoms with van der Waals surface area (Å²) in [7, 11) is 0. The van der Waals surface area contributed by atoms with E-state index in [4.69, 9.17) is 4.74 Å². The number of rotatable bonds is 2. The van der Waals surface area contributed by atoms with Crippen LogP contribution < -0.4 is 5.32 Å². The molecule has 0 aromatic rings. The quantitative estimate of drug-likeness (QED) is 0.624. The Kier molecular flexibility index (Phi) is 2.73. The predicted octanol–water partition coefficient (Wildman–Crippen LogP) is 0.795. The van der Waals surface area contributed by atoms with Gasteiger partial charge in [-0.1, -0.05) is 13.8 Å². The maximum Gasteiger partial charge on any atom is 0.310 e. The highest BCUT2D eigenvalue weighted by molar-refractivity contribution is 5.74. The van der Waals surface area contributed by atoms with E-state index in [1.54, 1.807) is 0 Å². The van der Waals surface area contributed by atoms with Gasteiger partial charge in [0.15, 0.2) is 0 Å². The molecule has 12 heavy (non-hydrogen) atoms. The first-order chi connectivity index (χ1) is 5.58. The molecule has 0 amide bonds. The fraction of sp³-hybridized carbons (Fsp3) is 0.889. The van der Waals surface area contributed by atoms with Crippen molar-refractivity contribution in [2.45, 2.75) is 20.8 Å². The first kappa shape index (κ1) is 9.52. The van der Waals surface area contributed by atoms with Crippen molar-refractivity contribution in [1.82, 2.24) is 5.32 Å². The summed E-state index contributed by atoms with van der Waals surface area (Å²) >= 11 is 0. The van der Waals surface area contributed by atoms with Crippen LogP contribution in [0.3, 0.4) is 0 Å². The summed E-state index contributed by atoms with van der Waals surface area (Å²) in [5, 5.41) is 3.20. The Morgan fingerprint density at radius 2 is 2.33 bits per heavy atom. The van der Waals surface area contributed by atoms with E-state index in [0.29, 0.717) is 6.61 Å². The van der Waals surface area contributed by atoms with Gasteiger partial charge < -0.3 is 10.1 Å². The molecular weight excluding hydrogens is 154 g/mol. The second-order valence-corrected chi connectivity index (χ2v) is 3.92. The molecule has 0 bridgehead atoms. The largest absolute Gasteiger partial charge is 0.466 e. The van der Waals surface area contributed by atoms with Gasteiger partial charge in [0.1, 0.15) is 0 Å². The molecule has 1 heterocycles. The normalized spacial score (nSPS) is 27.1. The molecule has 0 aromatic carbocycles. The van der Waals surface area contributed by atoms with Crippen LogP contribution in [0, 0.1) is 11.3 Å². The van der Waals surface area contributed by atoms with Gasteiger partial charge in [-0.2, -0.15) is 0 Å². The molecule has 0 spiro atoms. The smallest absolute Gasteiger partial charge is 0.310 e. The number of carbonyl (C=O) groups excluding carboxylic acids is 1. The lowest BCUT2D eigenvalue weighted by molar-refractivity contribution is -0.150. The standard InChI is InChI=1S/C9H17NO2/c1-4-12-8(11)7-5-10-6-9(7,2)3/h7,10H,4-6H2,1-3H3. The van der Waals surface area contributed by atoms with Gasteiger partial charge in [0.25, 0.3) is 0 Å². The molecule has 1 atom stereocenters. The minimum Gasteiger partial charge on any atom is -0.466 e. The molecule has 70 valence electrons. The Hall–Kier alpha value is -0.570. The van der Waals surface area contributed by atoms with Crippen LogP contribution in [0.5, 0.6) is 0 Å². The monoisotopic (exact) mass is 171 g/mol. The molecule has 0 saturated carbocycles. The zero-order valence-corrected chi connectivity index (χ0v) is 8.02. The molecule has 1 saturated heterocycles. The van der Waals surface area contributed by atoms with E-state index in [2.05, 4.69) is 19.2 Å². The molecule has 1 N–H and O–H groups in total. The van der Waals surface area contributed by atoms with Crippen molar-refractivity contribution in [3.05, 3.63) is 0 Å². The summed E-state index contributed by atoms with van der Waals surface area (Å²) in [5.74, 6) is -0.0371. The molecule has 1 aliphatic heterocycles. The Morgan fingerprint density at radius 3 is 2.75 bits per heavy atom. The molecule has 3 nitrogen and oxygen atoms in total. The lowest BCUT2D eigenvalue weighted by atomic mass is 9.82. The van der Waals surface area contributed by atoms with Crippen molar-refractivity contribution in [3.8, 4) is 0 Å². The van der Waals surface area contributed by atoms with Crippen LogP contribution in [0.15, 0.2) is 0 Å². The lowest BCUT2D eigenvalue weighted by Crippen LogP contribution is -2.30. The van der Waals surface area contributed by atoms with Gasteiger partial charge in [-0.15, -0.1) is 0 Å². The maximum absolute atomic E-state index is 11.4. The molecule has 1 unspecified atom stereocenters. The van der Waals surface area contributed by atoms with Crippen molar-refractivity contribution >= 4 is 5.97 Å². The van der Waals surface area contributed by atoms with E-state index in [-0.39, 0.29) is 17.3 Å². The maximum atomic E-state index is 11.4. The van der Waals surface area contributed by atoms with Gasteiger partial charge in [0, 0.05) is 13.1 Å². The molecule has 1 fully saturated rings. The van der Waals surface area contributed by atoms with Gasteiger partial charge >= 0.3 is 5.97 Å². The summed E-state index contributed by atoms with van der Waals surface area (Å²) in [6.45, 7) is 8.16. The molecule has 0 radical (unpaired) electrons. The zero-order valence-electron chi connectivity index (χ0n) is 8.02. The fourth-order valence-corrected chi connectivity index (χ4v) is 1.58. The highest BCUT2D eigenvalue weighted by Gasteiger charge is 2.40. The molecule has 1 aliphatic rings. The highest BCUT2D eigenvalue weighted by atomic mass is 16.5. The van der Waals surface area contributed by atoms with E-state index >= 15 is 0 Å². The third-order valence-corrected chi connectivity index (χ3v) is 2.44. The minimum absolute atomic E-state index is 0.0254. The van der Waals surface area contributed by atoms with Gasteiger partial charge in [0.05, 0.1) is 12.5 Å². The van der Waals surface area contributed by atoms with Crippen molar-refractivity contribution in [2.24, 2.45) is 11.3 Å². The molecule has 3 heteroatoms.